The van der Waals surface area contributed by atoms with Gasteiger partial charge in [-0.05, 0) is 13.3 Å². The average molecular weight is 327 g/mol. The van der Waals surface area contributed by atoms with Gasteiger partial charge >= 0.3 is 5.97 Å². The molecule has 1 unspecified atom stereocenters. The van der Waals surface area contributed by atoms with Gasteiger partial charge < -0.3 is 15.7 Å². The highest BCUT2D eigenvalue weighted by Gasteiger charge is 2.19. The Hall–Kier alpha value is -1.96. The highest BCUT2D eigenvalue weighted by Crippen LogP contribution is 2.14. The summed E-state index contributed by atoms with van der Waals surface area (Å²) in [5, 5.41) is 16.4. The minimum absolute atomic E-state index is 0.00935. The molecule has 122 valence electrons. The summed E-state index contributed by atoms with van der Waals surface area (Å²) in [6, 6.07) is -0.892. The van der Waals surface area contributed by atoms with Gasteiger partial charge in [-0.15, -0.1) is 11.3 Å². The van der Waals surface area contributed by atoms with E-state index in [4.69, 9.17) is 5.11 Å². The van der Waals surface area contributed by atoms with Crippen molar-refractivity contribution in [2.45, 2.75) is 52.0 Å². The molecular formula is C14H21N3O4S. The van der Waals surface area contributed by atoms with Crippen molar-refractivity contribution in [3.05, 3.63) is 11.1 Å². The Morgan fingerprint density at radius 2 is 2.00 bits per heavy atom. The first-order chi connectivity index (χ1) is 10.4. The number of aromatic nitrogens is 1. The highest BCUT2D eigenvalue weighted by atomic mass is 32.1. The maximum Gasteiger partial charge on any atom is 0.326 e. The molecule has 8 heteroatoms. The van der Waals surface area contributed by atoms with Crippen molar-refractivity contribution in [3.63, 3.8) is 0 Å². The molecule has 3 N–H and O–H groups in total. The van der Waals surface area contributed by atoms with Crippen LogP contribution in [0.2, 0.25) is 0 Å². The third kappa shape index (κ3) is 6.66. The van der Waals surface area contributed by atoms with Crippen molar-refractivity contribution in [2.24, 2.45) is 0 Å². The molecule has 1 aromatic rings. The van der Waals surface area contributed by atoms with Crippen LogP contribution in [0.4, 0.5) is 5.13 Å². The number of aliphatic carboxylic acids is 1. The lowest BCUT2D eigenvalue weighted by molar-refractivity contribution is -0.142. The van der Waals surface area contributed by atoms with Gasteiger partial charge in [-0.2, -0.15) is 0 Å². The summed E-state index contributed by atoms with van der Waals surface area (Å²) in [6.07, 6.45) is 1.91. The number of aryl methyl sites for hydroxylation is 1. The Kier molecular flexibility index (Phi) is 7.51. The number of carbonyl (C=O) groups excluding carboxylic acids is 2. The number of nitrogens with zero attached hydrogens (tertiary/aromatic N) is 1. The molecule has 0 bridgehead atoms. The summed E-state index contributed by atoms with van der Waals surface area (Å²) in [5.41, 5.74) is 0.818. The summed E-state index contributed by atoms with van der Waals surface area (Å²) in [4.78, 5) is 38.5. The van der Waals surface area contributed by atoms with Gasteiger partial charge in [0.2, 0.25) is 11.8 Å². The number of rotatable bonds is 9. The maximum atomic E-state index is 11.7. The van der Waals surface area contributed by atoms with E-state index >= 15 is 0 Å². The molecule has 2 amide bonds. The van der Waals surface area contributed by atoms with Gasteiger partial charge in [-0.25, -0.2) is 9.78 Å². The Bertz CT molecular complexity index is 530. The fourth-order valence-electron chi connectivity index (χ4n) is 1.75. The molecular weight excluding hydrogens is 306 g/mol. The molecule has 0 aliphatic rings. The fourth-order valence-corrected chi connectivity index (χ4v) is 2.46. The second-order valence-corrected chi connectivity index (χ2v) is 5.80. The van der Waals surface area contributed by atoms with Gasteiger partial charge in [0.15, 0.2) is 5.13 Å². The Morgan fingerprint density at radius 1 is 1.32 bits per heavy atom. The summed E-state index contributed by atoms with van der Waals surface area (Å²) in [7, 11) is 0. The topological polar surface area (TPSA) is 108 Å². The first kappa shape index (κ1) is 18.1. The molecule has 0 aromatic carbocycles. The molecule has 0 saturated heterocycles. The Balaban J connectivity index is 2.34. The summed E-state index contributed by atoms with van der Waals surface area (Å²) < 4.78 is 0. The number of anilines is 1. The van der Waals surface area contributed by atoms with Crippen LogP contribution in [0.3, 0.4) is 0 Å². The summed E-state index contributed by atoms with van der Waals surface area (Å²) >= 11 is 1.31. The number of nitrogens with one attached hydrogen (secondary N) is 2. The zero-order chi connectivity index (χ0) is 16.5. The lowest BCUT2D eigenvalue weighted by atomic mass is 10.1. The van der Waals surface area contributed by atoms with E-state index in [9.17, 15) is 14.4 Å². The van der Waals surface area contributed by atoms with Gasteiger partial charge in [-0.3, -0.25) is 9.59 Å². The number of carboxylic acids is 1. The number of hydrogen-bond acceptors (Lipinski definition) is 5. The third-order valence-corrected chi connectivity index (χ3v) is 3.80. The van der Waals surface area contributed by atoms with Crippen LogP contribution >= 0.6 is 11.3 Å². The summed E-state index contributed by atoms with van der Waals surface area (Å²) in [6.45, 7) is 3.77. The van der Waals surface area contributed by atoms with Crippen molar-refractivity contribution >= 4 is 34.3 Å². The molecule has 1 heterocycles. The molecule has 0 spiro atoms. The number of thiazole rings is 1. The molecule has 0 radical (unpaired) electrons. The molecule has 0 aliphatic heterocycles. The van der Waals surface area contributed by atoms with Crippen LogP contribution in [0.25, 0.3) is 0 Å². The first-order valence-electron chi connectivity index (χ1n) is 7.16. The maximum absolute atomic E-state index is 11.7. The normalized spacial score (nSPS) is 11.7. The fraction of sp³-hybridized carbons (Fsp3) is 0.571. The minimum atomic E-state index is -1.05. The molecule has 1 atom stereocenters. The molecule has 22 heavy (non-hydrogen) atoms. The van der Waals surface area contributed by atoms with Crippen molar-refractivity contribution in [1.82, 2.24) is 10.3 Å². The predicted molar refractivity (Wildman–Crippen MR) is 83.8 cm³/mol. The van der Waals surface area contributed by atoms with E-state index < -0.39 is 17.9 Å². The summed E-state index contributed by atoms with van der Waals surface area (Å²) in [5.74, 6) is -1.80. The van der Waals surface area contributed by atoms with E-state index in [1.54, 1.807) is 0 Å². The second kappa shape index (κ2) is 9.14. The smallest absolute Gasteiger partial charge is 0.326 e. The Labute approximate surface area is 133 Å². The van der Waals surface area contributed by atoms with Crippen LogP contribution in [0.1, 0.15) is 44.7 Å². The number of unbranched alkanes of at least 4 members (excludes halogenated alkanes) is 1. The second-order valence-electron chi connectivity index (χ2n) is 4.94. The van der Waals surface area contributed by atoms with Crippen LogP contribution < -0.4 is 10.6 Å². The lowest BCUT2D eigenvalue weighted by Crippen LogP contribution is -2.40. The van der Waals surface area contributed by atoms with Crippen molar-refractivity contribution in [3.8, 4) is 0 Å². The number of amides is 2. The Morgan fingerprint density at radius 3 is 2.55 bits per heavy atom. The van der Waals surface area contributed by atoms with Crippen molar-refractivity contribution in [2.75, 3.05) is 5.32 Å². The molecule has 7 nitrogen and oxygen atoms in total. The number of carboxylic acid groups (broad SMARTS) is 1. The number of hydrogen-bond donors (Lipinski definition) is 3. The van der Waals surface area contributed by atoms with Crippen molar-refractivity contribution in [1.29, 1.82) is 0 Å². The van der Waals surface area contributed by atoms with Gasteiger partial charge in [0.25, 0.3) is 0 Å². The average Bonchev–Trinajstić information content (AvgIpc) is 2.86. The molecule has 1 aromatic heterocycles. The largest absolute Gasteiger partial charge is 0.480 e. The van der Waals surface area contributed by atoms with Gasteiger partial charge in [-0.1, -0.05) is 19.8 Å². The van der Waals surface area contributed by atoms with Crippen LogP contribution in [-0.2, 0) is 14.4 Å². The zero-order valence-electron chi connectivity index (χ0n) is 12.7. The molecule has 0 fully saturated rings. The van der Waals surface area contributed by atoms with Gasteiger partial charge in [0.1, 0.15) is 6.04 Å². The van der Waals surface area contributed by atoms with Crippen LogP contribution in [0.15, 0.2) is 5.38 Å². The quantitative estimate of drug-likeness (QED) is 0.642. The lowest BCUT2D eigenvalue weighted by Gasteiger charge is -2.13. The van der Waals surface area contributed by atoms with E-state index in [2.05, 4.69) is 15.6 Å². The highest BCUT2D eigenvalue weighted by molar-refractivity contribution is 7.13. The standard InChI is InChI=1S/C14H21N3O4S/c1-3-4-5-10(13(20)21)16-11(18)6-7-12(19)17-14-15-9(2)8-22-14/h8,10H,3-7H2,1-2H3,(H,16,18)(H,20,21)(H,15,17,19). The van der Waals surface area contributed by atoms with E-state index in [-0.39, 0.29) is 18.7 Å². The zero-order valence-corrected chi connectivity index (χ0v) is 13.5. The van der Waals surface area contributed by atoms with Gasteiger partial charge in [0, 0.05) is 18.2 Å². The minimum Gasteiger partial charge on any atom is -0.480 e. The first-order valence-corrected chi connectivity index (χ1v) is 8.04. The monoisotopic (exact) mass is 327 g/mol. The van der Waals surface area contributed by atoms with E-state index in [1.165, 1.54) is 11.3 Å². The van der Waals surface area contributed by atoms with Gasteiger partial charge in [0.05, 0.1) is 5.69 Å². The number of carbonyl (C=O) groups is 3. The van der Waals surface area contributed by atoms with Crippen LogP contribution in [-0.4, -0.2) is 33.9 Å². The SMILES string of the molecule is CCCCC(NC(=O)CCC(=O)Nc1nc(C)cs1)C(=O)O. The van der Waals surface area contributed by atoms with E-state index in [1.807, 2.05) is 19.2 Å². The molecule has 0 saturated carbocycles. The predicted octanol–water partition coefficient (Wildman–Crippen LogP) is 1.93. The molecule has 1 rings (SSSR count). The van der Waals surface area contributed by atoms with E-state index in [0.717, 1.165) is 18.5 Å². The molecule has 0 aliphatic carbocycles. The van der Waals surface area contributed by atoms with E-state index in [0.29, 0.717) is 11.6 Å². The van der Waals surface area contributed by atoms with Crippen LogP contribution in [0, 0.1) is 6.92 Å². The van der Waals surface area contributed by atoms with Crippen LogP contribution in [0.5, 0.6) is 0 Å². The third-order valence-electron chi connectivity index (χ3n) is 2.92. The van der Waals surface area contributed by atoms with Crippen molar-refractivity contribution < 1.29 is 19.5 Å².